The fourth-order valence-corrected chi connectivity index (χ4v) is 4.32. The van der Waals surface area contributed by atoms with Crippen molar-refractivity contribution in [2.75, 3.05) is 13.2 Å². The first-order valence-corrected chi connectivity index (χ1v) is 10.0. The van der Waals surface area contributed by atoms with Crippen molar-refractivity contribution >= 4 is 17.2 Å². The Bertz CT molecular complexity index is 1060. The van der Waals surface area contributed by atoms with E-state index in [9.17, 15) is 13.6 Å². The molecule has 1 atom stereocenters. The third kappa shape index (κ3) is 3.88. The lowest BCUT2D eigenvalue weighted by Gasteiger charge is -2.16. The summed E-state index contributed by atoms with van der Waals surface area (Å²) in [6, 6.07) is 5.06. The summed E-state index contributed by atoms with van der Waals surface area (Å²) in [6.07, 6.45) is 2.10. The Morgan fingerprint density at radius 3 is 2.97 bits per heavy atom. The molecule has 0 bridgehead atoms. The van der Waals surface area contributed by atoms with E-state index in [2.05, 4.69) is 10.4 Å². The van der Waals surface area contributed by atoms with Gasteiger partial charge < -0.3 is 15.8 Å². The molecular weight excluding hydrogens is 398 g/mol. The average Bonchev–Trinajstić information content (AvgIpc) is 3.23. The third-order valence-corrected chi connectivity index (χ3v) is 5.87. The van der Waals surface area contributed by atoms with Crippen LogP contribution in [0.2, 0.25) is 0 Å². The zero-order valence-corrected chi connectivity index (χ0v) is 16.6. The van der Waals surface area contributed by atoms with Gasteiger partial charge in [0.25, 0.3) is 5.91 Å². The van der Waals surface area contributed by atoms with Gasteiger partial charge in [-0.3, -0.25) is 9.48 Å². The minimum absolute atomic E-state index is 0.165. The zero-order chi connectivity index (χ0) is 20.5. The Balaban J connectivity index is 1.53. The van der Waals surface area contributed by atoms with Gasteiger partial charge in [0.15, 0.2) is 16.7 Å². The maximum absolute atomic E-state index is 13.4. The lowest BCUT2D eigenvalue weighted by Crippen LogP contribution is -2.41. The van der Waals surface area contributed by atoms with Crippen molar-refractivity contribution in [3.05, 3.63) is 58.1 Å². The third-order valence-electron chi connectivity index (χ3n) is 4.82. The number of aromatic nitrogens is 2. The molecule has 29 heavy (non-hydrogen) atoms. The van der Waals surface area contributed by atoms with Crippen molar-refractivity contribution in [2.24, 2.45) is 5.73 Å². The summed E-state index contributed by atoms with van der Waals surface area (Å²) >= 11 is 1.27. The molecule has 4 rings (SSSR count). The summed E-state index contributed by atoms with van der Waals surface area (Å²) in [6.45, 7) is 3.26. The van der Waals surface area contributed by atoms with Gasteiger partial charge in [-0.1, -0.05) is 17.4 Å². The number of fused-ring (bicyclic) bond motifs is 3. The van der Waals surface area contributed by atoms with Crippen LogP contribution < -0.4 is 15.8 Å². The molecule has 1 amide bonds. The first-order valence-electron chi connectivity index (χ1n) is 9.20. The standard InChI is InChI=1S/C20H20F2N4O2S/c1-11-10-24-26-4-5-28-20-14(18(11)26)8-17(29-20)19(27)25-13(9-23)6-12-2-3-15(21)16(22)7-12/h2-3,7-8,10,13H,4-6,9,23H2,1H3,(H,25,27). The Morgan fingerprint density at radius 1 is 1.38 bits per heavy atom. The highest BCUT2D eigenvalue weighted by atomic mass is 32.1. The van der Waals surface area contributed by atoms with Gasteiger partial charge in [0.2, 0.25) is 0 Å². The molecule has 1 aliphatic rings. The molecule has 152 valence electrons. The second-order valence-corrected chi connectivity index (χ2v) is 7.93. The zero-order valence-electron chi connectivity index (χ0n) is 15.7. The number of nitrogens with one attached hydrogen (secondary N) is 1. The Labute approximate surface area is 170 Å². The predicted octanol–water partition coefficient (Wildman–Crippen LogP) is 2.89. The molecule has 0 spiro atoms. The van der Waals surface area contributed by atoms with Crippen molar-refractivity contribution in [3.63, 3.8) is 0 Å². The van der Waals surface area contributed by atoms with Crippen LogP contribution in [0.1, 0.15) is 20.8 Å². The van der Waals surface area contributed by atoms with Crippen molar-refractivity contribution in [1.29, 1.82) is 0 Å². The molecule has 9 heteroatoms. The highest BCUT2D eigenvalue weighted by Crippen LogP contribution is 2.41. The van der Waals surface area contributed by atoms with Gasteiger partial charge in [-0.05, 0) is 42.7 Å². The first kappa shape index (κ1) is 19.5. The van der Waals surface area contributed by atoms with E-state index >= 15 is 0 Å². The fraction of sp³-hybridized carbons (Fsp3) is 0.300. The largest absolute Gasteiger partial charge is 0.481 e. The van der Waals surface area contributed by atoms with Gasteiger partial charge in [-0.2, -0.15) is 5.10 Å². The lowest BCUT2D eigenvalue weighted by atomic mass is 10.1. The van der Waals surface area contributed by atoms with E-state index in [0.29, 0.717) is 35.1 Å². The number of aryl methyl sites for hydroxylation is 1. The molecule has 0 radical (unpaired) electrons. The molecule has 0 fully saturated rings. The van der Waals surface area contributed by atoms with E-state index in [4.69, 9.17) is 10.5 Å². The molecule has 3 aromatic rings. The minimum Gasteiger partial charge on any atom is -0.481 e. The van der Waals surface area contributed by atoms with Crippen molar-refractivity contribution in [1.82, 2.24) is 15.1 Å². The fourth-order valence-electron chi connectivity index (χ4n) is 3.38. The first-order chi connectivity index (χ1) is 14.0. The number of thiophene rings is 1. The number of rotatable bonds is 5. The number of nitrogens with zero attached hydrogens (tertiary/aromatic N) is 2. The van der Waals surface area contributed by atoms with E-state index < -0.39 is 17.7 Å². The second kappa shape index (κ2) is 7.92. The van der Waals surface area contributed by atoms with Crippen LogP contribution in [0.15, 0.2) is 30.5 Å². The summed E-state index contributed by atoms with van der Waals surface area (Å²) in [4.78, 5) is 13.3. The average molecular weight is 418 g/mol. The molecule has 0 aliphatic carbocycles. The number of ether oxygens (including phenoxy) is 1. The maximum atomic E-state index is 13.4. The topological polar surface area (TPSA) is 82.2 Å². The van der Waals surface area contributed by atoms with Crippen LogP contribution in [0.4, 0.5) is 8.78 Å². The molecule has 3 N–H and O–H groups in total. The van der Waals surface area contributed by atoms with Gasteiger partial charge >= 0.3 is 0 Å². The van der Waals surface area contributed by atoms with Gasteiger partial charge in [0.05, 0.1) is 28.9 Å². The van der Waals surface area contributed by atoms with Crippen LogP contribution in [0.25, 0.3) is 11.3 Å². The molecule has 3 heterocycles. The van der Waals surface area contributed by atoms with Crippen LogP contribution in [-0.4, -0.2) is 34.9 Å². The van der Waals surface area contributed by atoms with Gasteiger partial charge in [-0.15, -0.1) is 0 Å². The molecule has 1 aromatic carbocycles. The molecular formula is C20H20F2N4O2S. The van der Waals surface area contributed by atoms with Crippen LogP contribution in [0, 0.1) is 18.6 Å². The lowest BCUT2D eigenvalue weighted by molar-refractivity contribution is 0.0942. The van der Waals surface area contributed by atoms with Crippen molar-refractivity contribution in [3.8, 4) is 16.3 Å². The summed E-state index contributed by atoms with van der Waals surface area (Å²) in [5, 5.41) is 7.92. The highest BCUT2D eigenvalue weighted by molar-refractivity contribution is 7.16. The van der Waals surface area contributed by atoms with Gasteiger partial charge in [0, 0.05) is 12.6 Å². The number of hydrogen-bond acceptors (Lipinski definition) is 5. The summed E-state index contributed by atoms with van der Waals surface area (Å²) in [7, 11) is 0. The predicted molar refractivity (Wildman–Crippen MR) is 106 cm³/mol. The van der Waals surface area contributed by atoms with Crippen molar-refractivity contribution in [2.45, 2.75) is 25.9 Å². The van der Waals surface area contributed by atoms with E-state index in [0.717, 1.165) is 29.0 Å². The Hall–Kier alpha value is -2.78. The SMILES string of the molecule is Cc1cnn2c1-c1cc(C(=O)NC(CN)Cc3ccc(F)c(F)c3)sc1OCC2. The molecule has 1 unspecified atom stereocenters. The highest BCUT2D eigenvalue weighted by Gasteiger charge is 2.24. The summed E-state index contributed by atoms with van der Waals surface area (Å²) < 4.78 is 34.2. The van der Waals surface area contributed by atoms with Crippen LogP contribution in [-0.2, 0) is 13.0 Å². The van der Waals surface area contributed by atoms with Crippen LogP contribution in [0.5, 0.6) is 5.06 Å². The van der Waals surface area contributed by atoms with E-state index in [1.165, 1.54) is 17.4 Å². The van der Waals surface area contributed by atoms with Crippen LogP contribution in [0.3, 0.4) is 0 Å². The Morgan fingerprint density at radius 2 is 2.21 bits per heavy atom. The summed E-state index contributed by atoms with van der Waals surface area (Å²) in [5.41, 5.74) is 9.15. The van der Waals surface area contributed by atoms with E-state index in [1.54, 1.807) is 12.3 Å². The maximum Gasteiger partial charge on any atom is 0.261 e. The van der Waals surface area contributed by atoms with Gasteiger partial charge in [-0.25, -0.2) is 8.78 Å². The number of benzene rings is 1. The molecule has 0 saturated heterocycles. The number of carbonyl (C=O) groups is 1. The number of hydrogen-bond donors (Lipinski definition) is 2. The normalized spacial score (nSPS) is 13.8. The van der Waals surface area contributed by atoms with Gasteiger partial charge in [0.1, 0.15) is 6.61 Å². The second-order valence-electron chi connectivity index (χ2n) is 6.92. The van der Waals surface area contributed by atoms with Crippen molar-refractivity contribution < 1.29 is 18.3 Å². The number of halogens is 2. The minimum atomic E-state index is -0.921. The smallest absolute Gasteiger partial charge is 0.261 e. The molecule has 0 saturated carbocycles. The van der Waals surface area contributed by atoms with E-state index in [1.807, 2.05) is 11.6 Å². The molecule has 2 aromatic heterocycles. The number of amides is 1. The van der Waals surface area contributed by atoms with Crippen LogP contribution >= 0.6 is 11.3 Å². The molecule has 6 nitrogen and oxygen atoms in total. The number of nitrogens with two attached hydrogens (primary N) is 1. The molecule has 1 aliphatic heterocycles. The Kier molecular flexibility index (Phi) is 5.33. The quantitative estimate of drug-likeness (QED) is 0.668. The number of carbonyl (C=O) groups excluding carboxylic acids is 1. The summed E-state index contributed by atoms with van der Waals surface area (Å²) in [5.74, 6) is -2.11. The van der Waals surface area contributed by atoms with E-state index in [-0.39, 0.29) is 12.5 Å². The monoisotopic (exact) mass is 418 g/mol.